The van der Waals surface area contributed by atoms with Crippen LogP contribution < -0.4 is 10.1 Å². The average Bonchev–Trinajstić information content (AvgIpc) is 4.01. The number of anilines is 1. The lowest BCUT2D eigenvalue weighted by molar-refractivity contribution is -0.119. The van der Waals surface area contributed by atoms with Crippen molar-refractivity contribution in [3.8, 4) is 21.9 Å². The Balaban J connectivity index is 0.00000693. The first-order valence-electron chi connectivity index (χ1n) is 23.9. The number of Topliss-reactive ketones (excluding diaryl/α,β-unsaturated/α-hetero) is 3. The van der Waals surface area contributed by atoms with E-state index in [9.17, 15) is 14.4 Å². The van der Waals surface area contributed by atoms with Crippen LogP contribution in [0.2, 0.25) is 5.02 Å². The number of aryl methyl sites for hydroxylation is 2. The zero-order valence-electron chi connectivity index (χ0n) is 40.5. The second kappa shape index (κ2) is 24.4. The Labute approximate surface area is 435 Å². The molecule has 4 aromatic carbocycles. The molecular weight excluding hydrogens is 968 g/mol. The summed E-state index contributed by atoms with van der Waals surface area (Å²) in [5, 5.41) is 13.9. The van der Waals surface area contributed by atoms with Gasteiger partial charge in [-0.05, 0) is 90.6 Å². The molecule has 1 N–H and O–H groups in total. The van der Waals surface area contributed by atoms with Crippen LogP contribution >= 0.6 is 36.4 Å². The Hall–Kier alpha value is -6.33. The molecule has 2 aliphatic rings. The van der Waals surface area contributed by atoms with Crippen LogP contribution in [-0.2, 0) is 49.5 Å². The van der Waals surface area contributed by atoms with Crippen LogP contribution in [0.15, 0.2) is 114 Å². The molecule has 0 radical (unpaired) electrons. The largest absolute Gasteiger partial charge is 0.491 e. The SMILES string of the molecule is Cc1sc2c(c1C)C(c1ccc(Cl)cc1)=N[C@@H](CC(=O)Cc1ccc(OCCOCCOCCOCCNc3ccc(-c4ccc5c(c4)CC(=O)C5)c(C(=O)Cc4ccccc4)n3)cc1)c1nnc(C)n1-2.S. The highest BCUT2D eigenvalue weighted by molar-refractivity contribution is 7.59. The van der Waals surface area contributed by atoms with E-state index < -0.39 is 6.04 Å². The van der Waals surface area contributed by atoms with Gasteiger partial charge >= 0.3 is 0 Å². The monoisotopic (exact) mass is 1020 g/mol. The summed E-state index contributed by atoms with van der Waals surface area (Å²) in [6.45, 7) is 9.49. The number of fused-ring (bicyclic) bond motifs is 4. The first kappa shape index (κ1) is 52.0. The predicted octanol–water partition coefficient (Wildman–Crippen LogP) is 9.81. The summed E-state index contributed by atoms with van der Waals surface area (Å²) in [5.74, 6) is 2.85. The van der Waals surface area contributed by atoms with Crippen molar-refractivity contribution >= 4 is 65.3 Å². The summed E-state index contributed by atoms with van der Waals surface area (Å²) < 4.78 is 25.1. The Bertz CT molecular complexity index is 3070. The maximum atomic E-state index is 13.7. The second-order valence-electron chi connectivity index (χ2n) is 17.6. The van der Waals surface area contributed by atoms with Gasteiger partial charge in [0.25, 0.3) is 0 Å². The molecule has 0 bridgehead atoms. The van der Waals surface area contributed by atoms with Gasteiger partial charge in [-0.1, -0.05) is 84.4 Å². The van der Waals surface area contributed by atoms with Crippen molar-refractivity contribution in [3.05, 3.63) is 175 Å². The van der Waals surface area contributed by atoms with Crippen molar-refractivity contribution in [2.75, 3.05) is 58.1 Å². The molecular formula is C56H57ClN6O7S2. The van der Waals surface area contributed by atoms with Crippen LogP contribution in [0.4, 0.5) is 5.82 Å². The van der Waals surface area contributed by atoms with Crippen LogP contribution in [0.25, 0.3) is 16.1 Å². The predicted molar refractivity (Wildman–Crippen MR) is 286 cm³/mol. The third kappa shape index (κ3) is 12.6. The lowest BCUT2D eigenvalue weighted by atomic mass is 9.96. The van der Waals surface area contributed by atoms with Gasteiger partial charge in [0.1, 0.15) is 52.3 Å². The van der Waals surface area contributed by atoms with Gasteiger partial charge in [0.2, 0.25) is 0 Å². The van der Waals surface area contributed by atoms with Gasteiger partial charge in [-0.25, -0.2) is 4.98 Å². The van der Waals surface area contributed by atoms with Gasteiger partial charge in [-0.2, -0.15) is 13.5 Å². The lowest BCUT2D eigenvalue weighted by Crippen LogP contribution is -2.16. The minimum atomic E-state index is -0.518. The van der Waals surface area contributed by atoms with E-state index in [1.807, 2.05) is 116 Å². The normalized spacial score (nSPS) is 13.6. The molecule has 0 amide bonds. The van der Waals surface area contributed by atoms with Crippen LogP contribution in [0, 0.1) is 20.8 Å². The average molecular weight is 1030 g/mol. The number of benzene rings is 4. The minimum Gasteiger partial charge on any atom is -0.491 e. The summed E-state index contributed by atoms with van der Waals surface area (Å²) in [6, 6.07) is 34.1. The maximum absolute atomic E-state index is 13.7. The Morgan fingerprint density at radius 2 is 1.43 bits per heavy atom. The van der Waals surface area contributed by atoms with Crippen LogP contribution in [0.5, 0.6) is 5.75 Å². The Morgan fingerprint density at radius 3 is 2.18 bits per heavy atom. The Morgan fingerprint density at radius 1 is 0.750 bits per heavy atom. The maximum Gasteiger partial charge on any atom is 0.186 e. The molecule has 1 aliphatic heterocycles. The number of pyridine rings is 1. The van der Waals surface area contributed by atoms with E-state index in [1.54, 1.807) is 11.3 Å². The summed E-state index contributed by atoms with van der Waals surface area (Å²) in [7, 11) is 0. The zero-order chi connectivity index (χ0) is 49.3. The van der Waals surface area contributed by atoms with Gasteiger partial charge in [-0.15, -0.1) is 21.5 Å². The smallest absolute Gasteiger partial charge is 0.186 e. The number of thiophene rings is 1. The van der Waals surface area contributed by atoms with Gasteiger partial charge in [0.15, 0.2) is 11.6 Å². The number of hydrogen-bond donors (Lipinski definition) is 1. The number of carbonyl (C=O) groups excluding carboxylic acids is 3. The fourth-order valence-corrected chi connectivity index (χ4v) is 10.2. The molecule has 0 unspecified atom stereocenters. The molecule has 0 saturated heterocycles. The molecule has 0 fully saturated rings. The number of halogens is 1. The summed E-state index contributed by atoms with van der Waals surface area (Å²) in [4.78, 5) is 50.6. The molecule has 1 aliphatic carbocycles. The first-order chi connectivity index (χ1) is 34.6. The van der Waals surface area contributed by atoms with Crippen LogP contribution in [-0.4, -0.2) is 95.6 Å². The highest BCUT2D eigenvalue weighted by Gasteiger charge is 2.32. The van der Waals surface area contributed by atoms with Gasteiger partial charge in [0.05, 0.1) is 45.4 Å². The highest BCUT2D eigenvalue weighted by Crippen LogP contribution is 2.40. The fourth-order valence-electron chi connectivity index (χ4n) is 8.85. The molecule has 13 nitrogen and oxygen atoms in total. The van der Waals surface area contributed by atoms with Crippen LogP contribution in [0.3, 0.4) is 0 Å². The van der Waals surface area contributed by atoms with Crippen molar-refractivity contribution in [2.24, 2.45) is 4.99 Å². The third-order valence-electron chi connectivity index (χ3n) is 12.6. The van der Waals surface area contributed by atoms with Crippen molar-refractivity contribution in [1.82, 2.24) is 19.7 Å². The highest BCUT2D eigenvalue weighted by atomic mass is 35.5. The number of hydrogen-bond acceptors (Lipinski definition) is 13. The van der Waals surface area contributed by atoms with E-state index in [4.69, 9.17) is 40.5 Å². The molecule has 72 heavy (non-hydrogen) atoms. The number of rotatable bonds is 23. The third-order valence-corrected chi connectivity index (χ3v) is 14.0. The second-order valence-corrected chi connectivity index (χ2v) is 19.3. The quantitative estimate of drug-likeness (QED) is 0.0481. The minimum absolute atomic E-state index is 0. The van der Waals surface area contributed by atoms with E-state index in [2.05, 4.69) is 33.9 Å². The molecule has 16 heteroatoms. The summed E-state index contributed by atoms with van der Waals surface area (Å²) in [5.41, 5.74) is 9.79. The van der Waals surface area contributed by atoms with E-state index >= 15 is 0 Å². The first-order valence-corrected chi connectivity index (χ1v) is 25.1. The molecule has 0 saturated carbocycles. The molecule has 4 heterocycles. The number of nitrogens with zero attached hydrogens (tertiary/aromatic N) is 5. The van der Waals surface area contributed by atoms with E-state index in [0.717, 1.165) is 66.6 Å². The number of ether oxygens (including phenoxy) is 4. The van der Waals surface area contributed by atoms with Crippen molar-refractivity contribution in [1.29, 1.82) is 0 Å². The fraction of sp³-hybridized carbons (Fsp3) is 0.304. The molecule has 3 aromatic heterocycles. The number of carbonyl (C=O) groups is 3. The number of ketones is 3. The molecule has 9 rings (SSSR count). The van der Waals surface area contributed by atoms with E-state index in [1.165, 1.54) is 4.88 Å². The standard InChI is InChI=1S/C56H55ClN6O7S.H2S/c1-35-36(2)71-56-52(35)53(40-13-15-44(57)16-14-40)59-49(55-62-61-37(3)63(55)56)34-45(64)29-39-9-17-47(18-10-39)70-28-27-69-26-25-68-24-23-67-22-21-58-51-20-19-48(42-12-11-41-32-46(65)33-43(41)31-42)54(60-51)50(66)30-38-7-5-4-6-8-38;/h4-20,31,49H,21-30,32-34H2,1-3H3,(H,58,60);1H2/t49-;/m0./s1. The summed E-state index contributed by atoms with van der Waals surface area (Å²) >= 11 is 7.94. The molecule has 1 atom stereocenters. The van der Waals surface area contributed by atoms with Gasteiger partial charge in [-0.3, -0.25) is 23.9 Å². The number of nitrogens with one attached hydrogen (secondary N) is 1. The van der Waals surface area contributed by atoms with E-state index in [-0.39, 0.29) is 50.1 Å². The number of aliphatic imine (C=N–C) groups is 1. The van der Waals surface area contributed by atoms with Crippen molar-refractivity contribution in [2.45, 2.75) is 58.9 Å². The molecule has 0 spiro atoms. The number of aromatic nitrogens is 4. The van der Waals surface area contributed by atoms with Gasteiger partial charge < -0.3 is 24.3 Å². The van der Waals surface area contributed by atoms with Gasteiger partial charge in [0, 0.05) is 65.2 Å². The Kier molecular flexibility index (Phi) is 17.6. The summed E-state index contributed by atoms with van der Waals surface area (Å²) in [6.07, 6.45) is 1.53. The van der Waals surface area contributed by atoms with Crippen LogP contribution in [0.1, 0.15) is 78.4 Å². The van der Waals surface area contributed by atoms with Crippen molar-refractivity contribution < 1.29 is 33.3 Å². The topological polar surface area (TPSA) is 156 Å². The molecule has 372 valence electrons. The van der Waals surface area contributed by atoms with E-state index in [0.29, 0.717) is 93.7 Å². The van der Waals surface area contributed by atoms with Crippen molar-refractivity contribution in [3.63, 3.8) is 0 Å². The molecule has 7 aromatic rings. The lowest BCUT2D eigenvalue weighted by Gasteiger charge is -2.13. The zero-order valence-corrected chi connectivity index (χ0v) is 43.1.